The highest BCUT2D eigenvalue weighted by atomic mass is 16.1. The Kier molecular flexibility index (Phi) is 3.68. The van der Waals surface area contributed by atoms with Crippen LogP contribution < -0.4 is 5.73 Å². The fourth-order valence-corrected chi connectivity index (χ4v) is 3.92. The third-order valence-corrected chi connectivity index (χ3v) is 5.21. The van der Waals surface area contributed by atoms with Gasteiger partial charge in [0.1, 0.15) is 5.54 Å². The summed E-state index contributed by atoms with van der Waals surface area (Å²) in [5.41, 5.74) is 9.87. The summed E-state index contributed by atoms with van der Waals surface area (Å²) in [6.45, 7) is 0. The van der Waals surface area contributed by atoms with Crippen LogP contribution in [0.3, 0.4) is 0 Å². The molecular formula is C20H21N3O. The average Bonchev–Trinajstić information content (AvgIpc) is 2.78. The molecule has 2 heterocycles. The van der Waals surface area contributed by atoms with E-state index in [1.165, 1.54) is 5.57 Å². The van der Waals surface area contributed by atoms with Crippen molar-refractivity contribution < 1.29 is 4.79 Å². The van der Waals surface area contributed by atoms with Crippen LogP contribution in [0.25, 0.3) is 0 Å². The van der Waals surface area contributed by atoms with Crippen LogP contribution in [0, 0.1) is 0 Å². The van der Waals surface area contributed by atoms with Gasteiger partial charge in [0.15, 0.2) is 5.78 Å². The number of benzene rings is 1. The molecule has 1 atom stereocenters. The van der Waals surface area contributed by atoms with Crippen molar-refractivity contribution in [3.63, 3.8) is 0 Å². The number of Topliss-reactive ketones (excluding diaryl/α,β-unsaturated/α-hetero) is 1. The largest absolute Gasteiger partial charge is 0.399 e. The predicted molar refractivity (Wildman–Crippen MR) is 97.7 cm³/mol. The van der Waals surface area contributed by atoms with E-state index in [1.54, 1.807) is 30.5 Å². The minimum Gasteiger partial charge on any atom is -0.399 e. The molecule has 1 saturated carbocycles. The average molecular weight is 319 g/mol. The Bertz CT molecular complexity index is 799. The molecule has 24 heavy (non-hydrogen) atoms. The Morgan fingerprint density at radius 1 is 1.17 bits per heavy atom. The number of anilines is 1. The van der Waals surface area contributed by atoms with Crippen molar-refractivity contribution in [3.05, 3.63) is 53.3 Å². The van der Waals surface area contributed by atoms with Crippen molar-refractivity contribution >= 4 is 23.4 Å². The second-order valence-corrected chi connectivity index (χ2v) is 6.70. The van der Waals surface area contributed by atoms with Crippen LogP contribution >= 0.6 is 0 Å². The summed E-state index contributed by atoms with van der Waals surface area (Å²) in [5.74, 6) is 0.0311. The summed E-state index contributed by atoms with van der Waals surface area (Å²) < 4.78 is 0. The van der Waals surface area contributed by atoms with Crippen LogP contribution in [0.2, 0.25) is 0 Å². The predicted octanol–water partition coefficient (Wildman–Crippen LogP) is 3.89. The molecule has 0 radical (unpaired) electrons. The fourth-order valence-electron chi connectivity index (χ4n) is 3.92. The van der Waals surface area contributed by atoms with E-state index < -0.39 is 0 Å². The lowest BCUT2D eigenvalue weighted by molar-refractivity contribution is 0.103. The molecule has 1 fully saturated rings. The molecule has 2 aliphatic heterocycles. The van der Waals surface area contributed by atoms with Crippen molar-refractivity contribution in [2.75, 3.05) is 5.73 Å². The number of dihydropyridines is 1. The van der Waals surface area contributed by atoms with E-state index in [2.05, 4.69) is 6.08 Å². The summed E-state index contributed by atoms with van der Waals surface area (Å²) in [5, 5.41) is 0. The number of hydrogen-bond donors (Lipinski definition) is 1. The number of aliphatic imine (C=N–C) groups is 2. The van der Waals surface area contributed by atoms with Crippen molar-refractivity contribution in [2.24, 2.45) is 9.98 Å². The molecule has 0 aromatic heterocycles. The second-order valence-electron chi connectivity index (χ2n) is 6.70. The summed E-state index contributed by atoms with van der Waals surface area (Å²) >= 11 is 0. The number of nitrogens with zero attached hydrogens (tertiary/aromatic N) is 2. The fraction of sp³-hybridized carbons (Fsp3) is 0.350. The topological polar surface area (TPSA) is 67.8 Å². The molecule has 1 spiro atoms. The van der Waals surface area contributed by atoms with Crippen LogP contribution in [0.4, 0.5) is 5.69 Å². The van der Waals surface area contributed by atoms with E-state index in [9.17, 15) is 4.79 Å². The number of nitrogens with two attached hydrogens (primary N) is 1. The summed E-state index contributed by atoms with van der Waals surface area (Å²) in [4.78, 5) is 22.5. The van der Waals surface area contributed by atoms with Gasteiger partial charge in [-0.1, -0.05) is 6.08 Å². The van der Waals surface area contributed by atoms with Crippen LogP contribution in [-0.2, 0) is 0 Å². The number of nitrogen functional groups attached to an aromatic ring is 1. The molecule has 4 rings (SSSR count). The van der Waals surface area contributed by atoms with Gasteiger partial charge in [0.05, 0.1) is 0 Å². The maximum absolute atomic E-state index is 12.9. The minimum absolute atomic E-state index is 0.0311. The molecule has 1 unspecified atom stereocenters. The Morgan fingerprint density at radius 2 is 2.00 bits per heavy atom. The van der Waals surface area contributed by atoms with E-state index in [0.717, 1.165) is 43.4 Å². The first-order valence-electron chi connectivity index (χ1n) is 8.59. The van der Waals surface area contributed by atoms with Crippen molar-refractivity contribution in [1.82, 2.24) is 0 Å². The number of carbonyl (C=O) groups excluding carboxylic acids is 1. The third-order valence-electron chi connectivity index (χ3n) is 5.21. The standard InChI is InChI=1S/C20H21N3O/c21-17-8-6-14(7-9-17)19(24)15-12-16-4-3-11-23-20(16)10-2-1-5-18(20)22-13-15/h4,6-9,11,13H,1-3,5,10,12,21H2. The first-order valence-corrected chi connectivity index (χ1v) is 8.59. The Labute approximate surface area is 141 Å². The highest BCUT2D eigenvalue weighted by molar-refractivity contribution is 6.10. The molecule has 0 amide bonds. The Balaban J connectivity index is 1.71. The molecule has 4 heteroatoms. The van der Waals surface area contributed by atoms with E-state index in [4.69, 9.17) is 15.7 Å². The molecule has 122 valence electrons. The van der Waals surface area contributed by atoms with Gasteiger partial charge in [-0.15, -0.1) is 0 Å². The molecule has 2 N–H and O–H groups in total. The van der Waals surface area contributed by atoms with E-state index in [1.807, 2.05) is 6.21 Å². The van der Waals surface area contributed by atoms with Crippen LogP contribution in [0.1, 0.15) is 48.9 Å². The highest BCUT2D eigenvalue weighted by Crippen LogP contribution is 2.42. The summed E-state index contributed by atoms with van der Waals surface area (Å²) in [6.07, 6.45) is 11.8. The van der Waals surface area contributed by atoms with Crippen LogP contribution in [0.5, 0.6) is 0 Å². The lowest BCUT2D eigenvalue weighted by atomic mass is 9.72. The van der Waals surface area contributed by atoms with Gasteiger partial charge in [0.2, 0.25) is 0 Å². The van der Waals surface area contributed by atoms with Gasteiger partial charge < -0.3 is 5.73 Å². The molecule has 0 bridgehead atoms. The number of rotatable bonds is 2. The van der Waals surface area contributed by atoms with E-state index in [0.29, 0.717) is 17.7 Å². The second kappa shape index (κ2) is 5.86. The van der Waals surface area contributed by atoms with Gasteiger partial charge in [-0.05, 0) is 55.5 Å². The maximum Gasteiger partial charge on any atom is 0.190 e. The SMILES string of the molecule is Nc1ccc(C(=O)C2=CN=C3CCCCC34N=CCC=C4C2)cc1. The number of ketones is 1. The first kappa shape index (κ1) is 15.1. The maximum atomic E-state index is 12.9. The van der Waals surface area contributed by atoms with Gasteiger partial charge in [0, 0.05) is 47.8 Å². The van der Waals surface area contributed by atoms with Gasteiger partial charge in [-0.2, -0.15) is 0 Å². The van der Waals surface area contributed by atoms with Crippen molar-refractivity contribution in [2.45, 2.75) is 44.1 Å². The van der Waals surface area contributed by atoms with Crippen molar-refractivity contribution in [1.29, 1.82) is 0 Å². The summed E-state index contributed by atoms with van der Waals surface area (Å²) in [6, 6.07) is 7.10. The van der Waals surface area contributed by atoms with E-state index >= 15 is 0 Å². The monoisotopic (exact) mass is 319 g/mol. The Morgan fingerprint density at radius 3 is 2.83 bits per heavy atom. The minimum atomic E-state index is -0.282. The molecular weight excluding hydrogens is 298 g/mol. The lowest BCUT2D eigenvalue weighted by Crippen LogP contribution is -2.42. The van der Waals surface area contributed by atoms with Gasteiger partial charge in [-0.25, -0.2) is 0 Å². The van der Waals surface area contributed by atoms with Crippen LogP contribution in [-0.4, -0.2) is 23.2 Å². The number of carbonyl (C=O) groups is 1. The first-order chi connectivity index (χ1) is 11.7. The van der Waals surface area contributed by atoms with Crippen molar-refractivity contribution in [3.8, 4) is 0 Å². The molecule has 1 aromatic carbocycles. The van der Waals surface area contributed by atoms with Crippen LogP contribution in [0.15, 0.2) is 57.7 Å². The smallest absolute Gasteiger partial charge is 0.190 e. The quantitative estimate of drug-likeness (QED) is 0.510. The Hall–Kier alpha value is -2.49. The molecule has 0 saturated heterocycles. The number of hydrogen-bond acceptors (Lipinski definition) is 4. The molecule has 1 aliphatic carbocycles. The summed E-state index contributed by atoms with van der Waals surface area (Å²) in [7, 11) is 0. The van der Waals surface area contributed by atoms with Gasteiger partial charge in [-0.3, -0.25) is 14.8 Å². The lowest BCUT2D eigenvalue weighted by Gasteiger charge is -2.38. The zero-order chi connectivity index (χ0) is 16.6. The molecule has 3 aliphatic rings. The van der Waals surface area contributed by atoms with E-state index in [-0.39, 0.29) is 11.3 Å². The zero-order valence-corrected chi connectivity index (χ0v) is 13.7. The zero-order valence-electron chi connectivity index (χ0n) is 13.7. The number of allylic oxidation sites excluding steroid dienone is 2. The van der Waals surface area contributed by atoms with Gasteiger partial charge >= 0.3 is 0 Å². The molecule has 1 aromatic rings. The molecule has 4 nitrogen and oxygen atoms in total. The highest BCUT2D eigenvalue weighted by Gasteiger charge is 2.42. The van der Waals surface area contributed by atoms with Gasteiger partial charge in [0.25, 0.3) is 0 Å². The third kappa shape index (κ3) is 2.42. The normalized spacial score (nSPS) is 25.6.